The fourth-order valence-electron chi connectivity index (χ4n) is 2.46. The molecule has 2 aromatic rings. The van der Waals surface area contributed by atoms with E-state index in [-0.39, 0.29) is 0 Å². The number of carbonyl (C=O) groups is 1. The zero-order valence-corrected chi connectivity index (χ0v) is 12.5. The molecule has 0 bridgehead atoms. The third kappa shape index (κ3) is 3.01. The Hall–Kier alpha value is -1.66. The molecule has 0 amide bonds. The van der Waals surface area contributed by atoms with Crippen LogP contribution in [0.5, 0.6) is 0 Å². The molecule has 1 atom stereocenters. The molecule has 1 aliphatic rings. The molecule has 0 fully saturated rings. The summed E-state index contributed by atoms with van der Waals surface area (Å²) in [6, 6.07) is 4.14. The van der Waals surface area contributed by atoms with Crippen LogP contribution in [0.3, 0.4) is 0 Å². The highest BCUT2D eigenvalue weighted by atomic mass is 35.5. The molecule has 0 aliphatic heterocycles. The van der Waals surface area contributed by atoms with Crippen molar-refractivity contribution in [3.8, 4) is 0 Å². The number of hydrogen-bond donors (Lipinski definition) is 2. The first-order valence-corrected chi connectivity index (χ1v) is 7.68. The molecule has 4 nitrogen and oxygen atoms in total. The quantitative estimate of drug-likeness (QED) is 0.888. The van der Waals surface area contributed by atoms with Gasteiger partial charge in [0.05, 0.1) is 5.69 Å². The maximum Gasteiger partial charge on any atom is 0.312 e. The number of aryl methyl sites for hydroxylation is 1. The average Bonchev–Trinajstić information content (AvgIpc) is 2.78. The lowest BCUT2D eigenvalue weighted by molar-refractivity contribution is -0.139. The van der Waals surface area contributed by atoms with Gasteiger partial charge in [0.25, 0.3) is 0 Å². The summed E-state index contributed by atoms with van der Waals surface area (Å²) in [5.74, 6) is -1.83. The number of carboxylic acid groups (broad SMARTS) is 1. The molecule has 1 heterocycles. The molecule has 21 heavy (non-hydrogen) atoms. The number of anilines is 2. The van der Waals surface area contributed by atoms with E-state index in [9.17, 15) is 14.3 Å². The molecule has 1 aromatic carbocycles. The molecule has 1 unspecified atom stereocenters. The molecule has 7 heteroatoms. The van der Waals surface area contributed by atoms with Gasteiger partial charge in [-0.15, -0.1) is 11.3 Å². The molecule has 0 radical (unpaired) electrons. The lowest BCUT2D eigenvalue weighted by Crippen LogP contribution is -2.17. The molecule has 0 saturated carbocycles. The number of hydrogen-bond acceptors (Lipinski definition) is 4. The number of aliphatic carboxylic acids is 1. The number of thiazole rings is 1. The van der Waals surface area contributed by atoms with E-state index >= 15 is 0 Å². The summed E-state index contributed by atoms with van der Waals surface area (Å²) in [5.41, 5.74) is 1.13. The minimum atomic E-state index is -0.846. The average molecular weight is 327 g/mol. The Kier molecular flexibility index (Phi) is 3.82. The van der Waals surface area contributed by atoms with E-state index in [0.29, 0.717) is 28.0 Å². The van der Waals surface area contributed by atoms with Crippen LogP contribution in [-0.2, 0) is 11.2 Å². The topological polar surface area (TPSA) is 62.2 Å². The van der Waals surface area contributed by atoms with Crippen LogP contribution in [0, 0.1) is 5.82 Å². The number of rotatable bonds is 3. The van der Waals surface area contributed by atoms with Gasteiger partial charge in [0.15, 0.2) is 5.13 Å². The first kappa shape index (κ1) is 14.3. The van der Waals surface area contributed by atoms with E-state index < -0.39 is 17.7 Å². The fourth-order valence-corrected chi connectivity index (χ4v) is 3.77. The predicted molar refractivity (Wildman–Crippen MR) is 80.1 cm³/mol. The zero-order valence-electron chi connectivity index (χ0n) is 10.9. The van der Waals surface area contributed by atoms with Gasteiger partial charge >= 0.3 is 5.97 Å². The lowest BCUT2D eigenvalue weighted by Gasteiger charge is -2.16. The largest absolute Gasteiger partial charge is 0.481 e. The summed E-state index contributed by atoms with van der Waals surface area (Å²) in [7, 11) is 0. The van der Waals surface area contributed by atoms with Gasteiger partial charge in [0.2, 0.25) is 0 Å². The van der Waals surface area contributed by atoms with Gasteiger partial charge in [-0.3, -0.25) is 4.79 Å². The highest BCUT2D eigenvalue weighted by Gasteiger charge is 2.30. The Balaban J connectivity index is 1.89. The molecule has 0 saturated heterocycles. The summed E-state index contributed by atoms with van der Waals surface area (Å²) in [6.07, 6.45) is 2.29. The van der Waals surface area contributed by atoms with Crippen LogP contribution in [-0.4, -0.2) is 16.1 Å². The van der Waals surface area contributed by atoms with Crippen molar-refractivity contribution < 1.29 is 14.3 Å². The molecular formula is C14H12ClFN2O2S. The Bertz CT molecular complexity index is 684. The van der Waals surface area contributed by atoms with Gasteiger partial charge in [-0.1, -0.05) is 11.6 Å². The number of carboxylic acids is 1. The van der Waals surface area contributed by atoms with E-state index in [2.05, 4.69) is 10.3 Å². The molecule has 2 N–H and O–H groups in total. The van der Waals surface area contributed by atoms with Crippen molar-refractivity contribution in [3.05, 3.63) is 39.6 Å². The Morgan fingerprint density at radius 2 is 2.29 bits per heavy atom. The highest BCUT2D eigenvalue weighted by molar-refractivity contribution is 7.15. The predicted octanol–water partition coefficient (Wildman–Crippen LogP) is 4.18. The van der Waals surface area contributed by atoms with Gasteiger partial charge in [0, 0.05) is 15.6 Å². The Labute approximate surface area is 129 Å². The lowest BCUT2D eigenvalue weighted by atomic mass is 9.91. The van der Waals surface area contributed by atoms with Crippen LogP contribution in [0.25, 0.3) is 0 Å². The third-order valence-electron chi connectivity index (χ3n) is 3.37. The minimum absolute atomic E-state index is 0.294. The van der Waals surface area contributed by atoms with Gasteiger partial charge < -0.3 is 10.4 Å². The normalized spacial score (nSPS) is 17.3. The van der Waals surface area contributed by atoms with E-state index in [1.807, 2.05) is 0 Å². The first-order valence-electron chi connectivity index (χ1n) is 6.48. The third-order valence-corrected chi connectivity index (χ3v) is 4.63. The Morgan fingerprint density at radius 3 is 3.00 bits per heavy atom. The summed E-state index contributed by atoms with van der Waals surface area (Å²) < 4.78 is 13.3. The van der Waals surface area contributed by atoms with Crippen LogP contribution in [0.4, 0.5) is 15.2 Å². The monoisotopic (exact) mass is 326 g/mol. The number of fused-ring (bicyclic) bond motifs is 1. The Morgan fingerprint density at radius 1 is 1.48 bits per heavy atom. The smallest absolute Gasteiger partial charge is 0.312 e. The van der Waals surface area contributed by atoms with Crippen LogP contribution >= 0.6 is 22.9 Å². The van der Waals surface area contributed by atoms with Crippen molar-refractivity contribution in [1.29, 1.82) is 0 Å². The maximum absolute atomic E-state index is 13.3. The van der Waals surface area contributed by atoms with Crippen molar-refractivity contribution in [3.63, 3.8) is 0 Å². The van der Waals surface area contributed by atoms with Crippen molar-refractivity contribution >= 4 is 39.7 Å². The number of benzene rings is 1. The fraction of sp³-hybridized carbons (Fsp3) is 0.286. The summed E-state index contributed by atoms with van der Waals surface area (Å²) in [4.78, 5) is 16.6. The molecule has 0 spiro atoms. The SMILES string of the molecule is O=C(O)C1CCCc2sc(Nc3cc(F)cc(Cl)c3)nc21. The summed E-state index contributed by atoms with van der Waals surface area (Å²) in [6.45, 7) is 0. The number of aromatic nitrogens is 1. The molecule has 110 valence electrons. The van der Waals surface area contributed by atoms with E-state index in [1.165, 1.54) is 23.5 Å². The minimum Gasteiger partial charge on any atom is -0.481 e. The number of nitrogens with zero attached hydrogens (tertiary/aromatic N) is 1. The van der Waals surface area contributed by atoms with Crippen molar-refractivity contribution in [2.24, 2.45) is 0 Å². The van der Waals surface area contributed by atoms with Gasteiger partial charge in [-0.25, -0.2) is 9.37 Å². The van der Waals surface area contributed by atoms with Crippen LogP contribution in [0.2, 0.25) is 5.02 Å². The number of nitrogens with one attached hydrogen (secondary N) is 1. The molecule has 1 aromatic heterocycles. The van der Waals surface area contributed by atoms with Crippen molar-refractivity contribution in [2.75, 3.05) is 5.32 Å². The number of halogens is 2. The first-order chi connectivity index (χ1) is 10.0. The maximum atomic E-state index is 13.3. The van der Waals surface area contributed by atoms with E-state index in [0.717, 1.165) is 17.7 Å². The van der Waals surface area contributed by atoms with E-state index in [1.54, 1.807) is 6.07 Å². The van der Waals surface area contributed by atoms with E-state index in [4.69, 9.17) is 11.6 Å². The standard InChI is InChI=1S/C14H12ClFN2O2S/c15-7-4-8(16)6-9(5-7)17-14-18-12-10(13(19)20)2-1-3-11(12)21-14/h4-6,10H,1-3H2,(H,17,18)(H,19,20). The summed E-state index contributed by atoms with van der Waals surface area (Å²) in [5, 5.41) is 13.1. The summed E-state index contributed by atoms with van der Waals surface area (Å²) >= 11 is 7.22. The second-order valence-corrected chi connectivity index (χ2v) is 6.41. The van der Waals surface area contributed by atoms with Crippen molar-refractivity contribution in [1.82, 2.24) is 4.98 Å². The van der Waals surface area contributed by atoms with Gasteiger partial charge in [0.1, 0.15) is 11.7 Å². The molecule has 3 rings (SSSR count). The second-order valence-electron chi connectivity index (χ2n) is 4.89. The van der Waals surface area contributed by atoms with Crippen LogP contribution < -0.4 is 5.32 Å². The molecular weight excluding hydrogens is 315 g/mol. The second kappa shape index (κ2) is 5.61. The van der Waals surface area contributed by atoms with Crippen LogP contribution in [0.1, 0.15) is 29.3 Å². The highest BCUT2D eigenvalue weighted by Crippen LogP contribution is 2.37. The van der Waals surface area contributed by atoms with Crippen LogP contribution in [0.15, 0.2) is 18.2 Å². The van der Waals surface area contributed by atoms with Crippen molar-refractivity contribution in [2.45, 2.75) is 25.2 Å². The van der Waals surface area contributed by atoms with Gasteiger partial charge in [-0.2, -0.15) is 0 Å². The van der Waals surface area contributed by atoms with Gasteiger partial charge in [-0.05, 0) is 37.5 Å². The zero-order chi connectivity index (χ0) is 15.0. The molecule has 1 aliphatic carbocycles.